The summed E-state index contributed by atoms with van der Waals surface area (Å²) in [7, 11) is 0. The molecule has 0 bridgehead atoms. The Labute approximate surface area is 367 Å². The zero-order chi connectivity index (χ0) is 43.4. The van der Waals surface area contributed by atoms with Gasteiger partial charge in [-0.15, -0.1) is 0 Å². The van der Waals surface area contributed by atoms with Crippen molar-refractivity contribution in [2.45, 2.75) is 111 Å². The van der Waals surface area contributed by atoms with Gasteiger partial charge in [0.1, 0.15) is 0 Å². The lowest BCUT2D eigenvalue weighted by atomic mass is 9.74. The van der Waals surface area contributed by atoms with Crippen LogP contribution in [0.2, 0.25) is 0 Å². The van der Waals surface area contributed by atoms with Gasteiger partial charge in [0.25, 0.3) is 0 Å². The van der Waals surface area contributed by atoms with Crippen molar-refractivity contribution >= 4 is 60.7 Å². The first kappa shape index (κ1) is 38.8. The van der Waals surface area contributed by atoms with Gasteiger partial charge in [0, 0.05) is 44.4 Å². The first-order valence-corrected chi connectivity index (χ1v) is 22.6. The Morgan fingerprint density at radius 1 is 0.371 bits per heavy atom. The van der Waals surface area contributed by atoms with Gasteiger partial charge in [0.2, 0.25) is 0 Å². The van der Waals surface area contributed by atoms with Gasteiger partial charge in [-0.25, -0.2) is 0 Å². The van der Waals surface area contributed by atoms with Gasteiger partial charge in [0.15, 0.2) is 0 Å². The van der Waals surface area contributed by atoms with Crippen molar-refractivity contribution in [3.63, 3.8) is 0 Å². The molecule has 0 fully saturated rings. The van der Waals surface area contributed by atoms with E-state index in [0.29, 0.717) is 0 Å². The normalized spacial score (nSPS) is 14.1. The highest BCUT2D eigenvalue weighted by Crippen LogP contribution is 2.57. The fourth-order valence-electron chi connectivity index (χ4n) is 10.6. The largest absolute Gasteiger partial charge is 0.310 e. The van der Waals surface area contributed by atoms with E-state index in [4.69, 9.17) is 0 Å². The minimum atomic E-state index is -0.0465. The monoisotopic (exact) mass is 809 g/mol. The number of anilines is 3. The second-order valence-electron chi connectivity index (χ2n) is 22.4. The second-order valence-corrected chi connectivity index (χ2v) is 22.4. The van der Waals surface area contributed by atoms with Gasteiger partial charge in [-0.1, -0.05) is 144 Å². The van der Waals surface area contributed by atoms with Crippen LogP contribution in [-0.2, 0) is 21.7 Å². The first-order valence-electron chi connectivity index (χ1n) is 22.6. The lowest BCUT2D eigenvalue weighted by Crippen LogP contribution is -2.24. The molecular weight excluding hydrogens is 751 g/mol. The van der Waals surface area contributed by atoms with Crippen LogP contribution in [0.1, 0.15) is 128 Å². The SMILES string of the molecule is CC(C)(C)c1ccc2c(c1)c1cc(C(C)(C)C)cc3c1n2-c1cc(N(c2ccccc2)c2ccccc2)cc2c1C3c1cc(C(C)(C)C)cc3c4cc(C(C)(C)C)ccc4n-2c13. The maximum Gasteiger partial charge on any atom is 0.0583 e. The number of fused-ring (bicyclic) bond motifs is 10. The molecule has 310 valence electrons. The van der Waals surface area contributed by atoms with Crippen molar-refractivity contribution in [2.24, 2.45) is 0 Å². The van der Waals surface area contributed by atoms with E-state index in [1.165, 1.54) is 93.9 Å². The highest BCUT2D eigenvalue weighted by Gasteiger charge is 2.41. The number of para-hydroxylation sites is 2. The summed E-state index contributed by atoms with van der Waals surface area (Å²) < 4.78 is 5.29. The van der Waals surface area contributed by atoms with E-state index in [1.54, 1.807) is 0 Å². The van der Waals surface area contributed by atoms with Crippen LogP contribution >= 0.6 is 0 Å². The van der Waals surface area contributed by atoms with Gasteiger partial charge < -0.3 is 14.0 Å². The number of benzene rings is 7. The Bertz CT molecular complexity index is 3090. The zero-order valence-electron chi connectivity index (χ0n) is 38.6. The molecule has 3 heteroatoms. The summed E-state index contributed by atoms with van der Waals surface area (Å²) in [6, 6.07) is 51.6. The molecule has 0 spiro atoms. The zero-order valence-corrected chi connectivity index (χ0v) is 38.6. The third-order valence-corrected chi connectivity index (χ3v) is 14.0. The van der Waals surface area contributed by atoms with E-state index in [-0.39, 0.29) is 27.6 Å². The topological polar surface area (TPSA) is 13.1 Å². The molecule has 11 rings (SSSR count). The highest BCUT2D eigenvalue weighted by atomic mass is 15.2. The summed E-state index contributed by atoms with van der Waals surface area (Å²) in [5.74, 6) is 0.0309. The van der Waals surface area contributed by atoms with Crippen molar-refractivity contribution in [2.75, 3.05) is 4.90 Å². The van der Waals surface area contributed by atoms with Crippen molar-refractivity contribution in [1.29, 1.82) is 0 Å². The lowest BCUT2D eigenvalue weighted by molar-refractivity contribution is 0.588. The number of aromatic nitrogens is 2. The molecule has 0 N–H and O–H groups in total. The predicted molar refractivity (Wildman–Crippen MR) is 266 cm³/mol. The van der Waals surface area contributed by atoms with Crippen LogP contribution in [0, 0.1) is 0 Å². The maximum absolute atomic E-state index is 2.64. The average Bonchev–Trinajstić information content (AvgIpc) is 3.73. The van der Waals surface area contributed by atoms with Crippen molar-refractivity contribution in [3.8, 4) is 11.4 Å². The van der Waals surface area contributed by atoms with E-state index >= 15 is 0 Å². The summed E-state index contributed by atoms with van der Waals surface area (Å²) in [6.07, 6.45) is 0. The molecule has 7 aromatic carbocycles. The molecule has 0 saturated carbocycles. The summed E-state index contributed by atoms with van der Waals surface area (Å²) in [5.41, 5.74) is 20.7. The van der Waals surface area contributed by atoms with E-state index in [2.05, 4.69) is 231 Å². The van der Waals surface area contributed by atoms with E-state index in [1.807, 2.05) is 0 Å². The molecule has 2 aliphatic rings. The molecule has 2 aliphatic heterocycles. The molecule has 62 heavy (non-hydrogen) atoms. The fraction of sp³-hybridized carbons (Fsp3) is 0.288. The number of hydrogen-bond acceptors (Lipinski definition) is 1. The van der Waals surface area contributed by atoms with E-state index < -0.39 is 0 Å². The summed E-state index contributed by atoms with van der Waals surface area (Å²) in [5, 5.41) is 5.35. The molecule has 0 atom stereocenters. The molecule has 0 saturated heterocycles. The Hall–Kier alpha value is -6.06. The third-order valence-electron chi connectivity index (χ3n) is 14.0. The fourth-order valence-corrected chi connectivity index (χ4v) is 10.6. The number of rotatable bonds is 3. The number of nitrogens with zero attached hydrogens (tertiary/aromatic N) is 3. The second kappa shape index (κ2) is 12.8. The van der Waals surface area contributed by atoms with Crippen molar-refractivity contribution in [1.82, 2.24) is 9.13 Å². The molecular formula is C59H59N3. The van der Waals surface area contributed by atoms with E-state index in [9.17, 15) is 0 Å². The molecule has 0 amide bonds. The molecule has 4 heterocycles. The lowest BCUT2D eigenvalue weighted by Gasteiger charge is -2.38. The summed E-state index contributed by atoms with van der Waals surface area (Å²) in [6.45, 7) is 28.3. The quantitative estimate of drug-likeness (QED) is 0.173. The Kier molecular flexibility index (Phi) is 7.99. The molecule has 0 unspecified atom stereocenters. The molecule has 9 aromatic rings. The standard InChI is InChI=1S/C59H59N3/c1-56(2,3)35-23-25-48-42(27-35)44-29-37(58(7,8)9)31-46-52-47-32-38(59(10,11)12)30-45-43-28-36(57(4,5)6)24-26-49(43)62(55(45)47)51-34-41(33-50(53(51)52)61(48)54(44)46)60(39-19-15-13-16-20-39)40-21-17-14-18-22-40/h13-34,52H,1-12H3. The summed E-state index contributed by atoms with van der Waals surface area (Å²) in [4.78, 5) is 2.45. The van der Waals surface area contributed by atoms with Crippen LogP contribution in [0.5, 0.6) is 0 Å². The van der Waals surface area contributed by atoms with Gasteiger partial charge in [-0.3, -0.25) is 0 Å². The molecule has 3 nitrogen and oxygen atoms in total. The van der Waals surface area contributed by atoms with Gasteiger partial charge in [0.05, 0.1) is 39.1 Å². The molecule has 0 radical (unpaired) electrons. The predicted octanol–water partition coefficient (Wildman–Crippen LogP) is 16.3. The number of hydrogen-bond donors (Lipinski definition) is 0. The van der Waals surface area contributed by atoms with Crippen LogP contribution < -0.4 is 4.90 Å². The van der Waals surface area contributed by atoms with Gasteiger partial charge >= 0.3 is 0 Å². The smallest absolute Gasteiger partial charge is 0.0583 e. The Morgan fingerprint density at radius 2 is 0.742 bits per heavy atom. The summed E-state index contributed by atoms with van der Waals surface area (Å²) >= 11 is 0. The Morgan fingerprint density at radius 3 is 1.11 bits per heavy atom. The first-order chi connectivity index (χ1) is 29.3. The van der Waals surface area contributed by atoms with E-state index in [0.717, 1.165) is 17.1 Å². The highest BCUT2D eigenvalue weighted by molar-refractivity contribution is 6.16. The van der Waals surface area contributed by atoms with Crippen LogP contribution in [0.4, 0.5) is 17.1 Å². The average molecular weight is 810 g/mol. The van der Waals surface area contributed by atoms with Gasteiger partial charge in [-0.2, -0.15) is 0 Å². The van der Waals surface area contributed by atoms with Crippen LogP contribution in [0.15, 0.2) is 133 Å². The third kappa shape index (κ3) is 5.62. The van der Waals surface area contributed by atoms with Crippen LogP contribution in [0.25, 0.3) is 55.0 Å². The molecule has 0 aliphatic carbocycles. The minimum absolute atomic E-state index is 0.0132. The maximum atomic E-state index is 2.64. The van der Waals surface area contributed by atoms with Gasteiger partial charge in [-0.05, 0) is 128 Å². The van der Waals surface area contributed by atoms with Crippen LogP contribution in [0.3, 0.4) is 0 Å². The molecule has 2 aromatic heterocycles. The van der Waals surface area contributed by atoms with Crippen molar-refractivity contribution in [3.05, 3.63) is 172 Å². The van der Waals surface area contributed by atoms with Crippen LogP contribution in [-0.4, -0.2) is 9.13 Å². The van der Waals surface area contributed by atoms with Crippen molar-refractivity contribution < 1.29 is 0 Å². The Balaban J connectivity index is 1.37. The minimum Gasteiger partial charge on any atom is -0.310 e.